The summed E-state index contributed by atoms with van der Waals surface area (Å²) in [6, 6.07) is 0. The molecule has 1 aliphatic carbocycles. The summed E-state index contributed by atoms with van der Waals surface area (Å²) in [6.45, 7) is 3.52. The number of carbonyl (C=O) groups is 1. The van der Waals surface area contributed by atoms with Gasteiger partial charge in [-0.1, -0.05) is 6.42 Å². The van der Waals surface area contributed by atoms with Crippen LogP contribution < -0.4 is 0 Å². The minimum absolute atomic E-state index is 0.0334. The van der Waals surface area contributed by atoms with Crippen LogP contribution in [0.2, 0.25) is 0 Å². The third kappa shape index (κ3) is 5.59. The second kappa shape index (κ2) is 6.63. The number of hydrogen-bond donors (Lipinski definition) is 0. The molecule has 5 nitrogen and oxygen atoms in total. The standard InChI is InChI=1S/C10H18O5/c1-8(2)13-15-14-10(11)12-9-6-4-3-5-7-9/h8-9H,3-7H2,1-2H3. The third-order valence-corrected chi connectivity index (χ3v) is 2.15. The Labute approximate surface area is 89.5 Å². The zero-order chi connectivity index (χ0) is 11.1. The maximum absolute atomic E-state index is 11.0. The van der Waals surface area contributed by atoms with E-state index in [9.17, 15) is 4.79 Å². The lowest BCUT2D eigenvalue weighted by Gasteiger charge is -2.20. The van der Waals surface area contributed by atoms with E-state index in [1.54, 1.807) is 13.8 Å². The normalized spacial score (nSPS) is 17.8. The summed E-state index contributed by atoms with van der Waals surface area (Å²) in [4.78, 5) is 19.9. The number of carbonyl (C=O) groups excluding carboxylic acids is 1. The first-order chi connectivity index (χ1) is 7.18. The molecule has 0 atom stereocenters. The van der Waals surface area contributed by atoms with Gasteiger partial charge < -0.3 is 4.74 Å². The van der Waals surface area contributed by atoms with Crippen LogP contribution in [0.4, 0.5) is 4.79 Å². The minimum Gasteiger partial charge on any atom is -0.429 e. The van der Waals surface area contributed by atoms with Gasteiger partial charge in [-0.25, -0.2) is 9.68 Å². The van der Waals surface area contributed by atoms with Gasteiger partial charge in [0.1, 0.15) is 6.10 Å². The van der Waals surface area contributed by atoms with Crippen LogP contribution in [0.1, 0.15) is 46.0 Å². The van der Waals surface area contributed by atoms with E-state index < -0.39 is 6.16 Å². The van der Waals surface area contributed by atoms with Gasteiger partial charge in [-0.05, 0) is 44.6 Å². The van der Waals surface area contributed by atoms with Gasteiger partial charge in [0.25, 0.3) is 0 Å². The zero-order valence-corrected chi connectivity index (χ0v) is 9.23. The smallest absolute Gasteiger partial charge is 0.429 e. The van der Waals surface area contributed by atoms with Crippen LogP contribution in [0, 0.1) is 0 Å². The topological polar surface area (TPSA) is 54.0 Å². The van der Waals surface area contributed by atoms with Crippen LogP contribution in [0.5, 0.6) is 0 Å². The molecular weight excluding hydrogens is 200 g/mol. The first kappa shape index (κ1) is 12.3. The van der Waals surface area contributed by atoms with Crippen molar-refractivity contribution in [1.82, 2.24) is 0 Å². The predicted octanol–water partition coefficient (Wildman–Crippen LogP) is 2.74. The molecule has 1 saturated carbocycles. The minimum atomic E-state index is -0.831. The van der Waals surface area contributed by atoms with Crippen molar-refractivity contribution >= 4 is 6.16 Å². The van der Waals surface area contributed by atoms with Crippen molar-refractivity contribution in [3.05, 3.63) is 0 Å². The first-order valence-electron chi connectivity index (χ1n) is 5.39. The Morgan fingerprint density at radius 2 is 1.87 bits per heavy atom. The molecule has 0 radical (unpaired) electrons. The summed E-state index contributed by atoms with van der Waals surface area (Å²) >= 11 is 0. The molecule has 1 aliphatic rings. The van der Waals surface area contributed by atoms with Crippen molar-refractivity contribution in [2.24, 2.45) is 0 Å². The Morgan fingerprint density at radius 3 is 2.47 bits per heavy atom. The lowest BCUT2D eigenvalue weighted by molar-refractivity contribution is -0.498. The lowest BCUT2D eigenvalue weighted by Crippen LogP contribution is -2.22. The number of ether oxygens (including phenoxy) is 1. The zero-order valence-electron chi connectivity index (χ0n) is 9.23. The molecule has 0 bridgehead atoms. The van der Waals surface area contributed by atoms with Crippen molar-refractivity contribution in [2.45, 2.75) is 58.2 Å². The maximum atomic E-state index is 11.0. The first-order valence-corrected chi connectivity index (χ1v) is 5.39. The molecule has 0 heterocycles. The highest BCUT2D eigenvalue weighted by Gasteiger charge is 2.19. The SMILES string of the molecule is CC(C)OOOC(=O)OC1CCCCC1. The van der Waals surface area contributed by atoms with Crippen molar-refractivity contribution in [2.75, 3.05) is 0 Å². The molecule has 0 saturated heterocycles. The summed E-state index contributed by atoms with van der Waals surface area (Å²) in [6.07, 6.45) is 4.19. The number of hydrogen-bond acceptors (Lipinski definition) is 5. The van der Waals surface area contributed by atoms with E-state index in [0.717, 1.165) is 25.7 Å². The maximum Gasteiger partial charge on any atom is 0.542 e. The molecule has 0 aliphatic heterocycles. The molecule has 5 heteroatoms. The van der Waals surface area contributed by atoms with Gasteiger partial charge in [0, 0.05) is 0 Å². The fourth-order valence-corrected chi connectivity index (χ4v) is 1.46. The monoisotopic (exact) mass is 218 g/mol. The van der Waals surface area contributed by atoms with Crippen LogP contribution in [-0.4, -0.2) is 18.4 Å². The van der Waals surface area contributed by atoms with Gasteiger partial charge >= 0.3 is 6.16 Å². The molecule has 0 N–H and O–H groups in total. The molecule has 1 fully saturated rings. The molecular formula is C10H18O5. The average molecular weight is 218 g/mol. The van der Waals surface area contributed by atoms with Gasteiger partial charge in [0.05, 0.1) is 6.10 Å². The van der Waals surface area contributed by atoms with Crippen molar-refractivity contribution in [1.29, 1.82) is 0 Å². The third-order valence-electron chi connectivity index (χ3n) is 2.15. The molecule has 0 unspecified atom stereocenters. The van der Waals surface area contributed by atoms with Crippen molar-refractivity contribution < 1.29 is 24.3 Å². The summed E-state index contributed by atoms with van der Waals surface area (Å²) < 4.78 is 5.01. The molecule has 0 spiro atoms. The molecule has 0 aromatic heterocycles. The predicted molar refractivity (Wildman–Crippen MR) is 51.7 cm³/mol. The quantitative estimate of drug-likeness (QED) is 0.412. The van der Waals surface area contributed by atoms with Gasteiger partial charge in [0.15, 0.2) is 0 Å². The summed E-state index contributed by atoms with van der Waals surface area (Å²) in [5.41, 5.74) is 0. The summed E-state index contributed by atoms with van der Waals surface area (Å²) in [5, 5.41) is 4.22. The summed E-state index contributed by atoms with van der Waals surface area (Å²) in [5.74, 6) is 0. The van der Waals surface area contributed by atoms with E-state index in [0.29, 0.717) is 0 Å². The Bertz CT molecular complexity index is 186. The Balaban J connectivity index is 2.06. The van der Waals surface area contributed by atoms with Gasteiger partial charge in [-0.15, -0.1) is 0 Å². The van der Waals surface area contributed by atoms with Crippen LogP contribution in [0.15, 0.2) is 0 Å². The number of rotatable bonds is 4. The largest absolute Gasteiger partial charge is 0.542 e. The second-order valence-corrected chi connectivity index (χ2v) is 3.92. The lowest BCUT2D eigenvalue weighted by atomic mass is 9.98. The molecule has 0 aromatic carbocycles. The average Bonchev–Trinajstić information content (AvgIpc) is 2.18. The van der Waals surface area contributed by atoms with E-state index in [2.05, 4.69) is 14.8 Å². The Morgan fingerprint density at radius 1 is 1.20 bits per heavy atom. The van der Waals surface area contributed by atoms with Crippen LogP contribution in [-0.2, 0) is 19.6 Å². The van der Waals surface area contributed by atoms with E-state index >= 15 is 0 Å². The highest BCUT2D eigenvalue weighted by molar-refractivity contribution is 5.59. The Kier molecular flexibility index (Phi) is 5.42. The van der Waals surface area contributed by atoms with Crippen LogP contribution >= 0.6 is 0 Å². The molecule has 1 rings (SSSR count). The van der Waals surface area contributed by atoms with E-state index in [-0.39, 0.29) is 12.2 Å². The molecule has 15 heavy (non-hydrogen) atoms. The van der Waals surface area contributed by atoms with Gasteiger partial charge in [-0.2, -0.15) is 4.89 Å². The second-order valence-electron chi connectivity index (χ2n) is 3.92. The van der Waals surface area contributed by atoms with Crippen LogP contribution in [0.25, 0.3) is 0 Å². The highest BCUT2D eigenvalue weighted by Crippen LogP contribution is 2.20. The van der Waals surface area contributed by atoms with E-state index in [1.165, 1.54) is 6.42 Å². The fourth-order valence-electron chi connectivity index (χ4n) is 1.46. The van der Waals surface area contributed by atoms with Gasteiger partial charge in [-0.3, -0.25) is 0 Å². The van der Waals surface area contributed by atoms with E-state index in [1.807, 2.05) is 0 Å². The fraction of sp³-hybridized carbons (Fsp3) is 0.900. The Hall–Kier alpha value is -0.810. The van der Waals surface area contributed by atoms with Crippen LogP contribution in [0.3, 0.4) is 0 Å². The molecule has 88 valence electrons. The van der Waals surface area contributed by atoms with Crippen molar-refractivity contribution in [3.8, 4) is 0 Å². The molecule has 0 aromatic rings. The van der Waals surface area contributed by atoms with Crippen molar-refractivity contribution in [3.63, 3.8) is 0 Å². The van der Waals surface area contributed by atoms with E-state index in [4.69, 9.17) is 4.74 Å². The van der Waals surface area contributed by atoms with Gasteiger partial charge in [0.2, 0.25) is 0 Å². The summed E-state index contributed by atoms with van der Waals surface area (Å²) in [7, 11) is 0. The molecule has 0 amide bonds. The highest BCUT2D eigenvalue weighted by atomic mass is 17.5.